The number of esters is 1. The second kappa shape index (κ2) is 8.53. The lowest BCUT2D eigenvalue weighted by molar-refractivity contribution is -0.142. The van der Waals surface area contributed by atoms with Crippen molar-refractivity contribution < 1.29 is 17.9 Å². The third-order valence-electron chi connectivity index (χ3n) is 4.54. The highest BCUT2D eigenvalue weighted by Gasteiger charge is 2.39. The number of benzene rings is 2. The summed E-state index contributed by atoms with van der Waals surface area (Å²) in [6.07, 6.45) is 3.15. The molecule has 3 rings (SSSR count). The van der Waals surface area contributed by atoms with Crippen molar-refractivity contribution in [3.8, 4) is 11.4 Å². The Labute approximate surface area is 170 Å². The highest BCUT2D eigenvalue weighted by molar-refractivity contribution is 7.92. The van der Waals surface area contributed by atoms with Crippen LogP contribution >= 0.6 is 0 Å². The lowest BCUT2D eigenvalue weighted by Crippen LogP contribution is -2.25. The van der Waals surface area contributed by atoms with Crippen LogP contribution < -0.4 is 0 Å². The molecule has 0 saturated heterocycles. The fraction of sp³-hybridized carbons (Fsp3) is 0.227. The Balaban J connectivity index is 2.26. The van der Waals surface area contributed by atoms with Crippen LogP contribution in [-0.4, -0.2) is 31.0 Å². The first-order chi connectivity index (χ1) is 13.9. The molecule has 0 spiro atoms. The Hall–Kier alpha value is -3.06. The smallest absolute Gasteiger partial charge is 0.329 e. The van der Waals surface area contributed by atoms with Crippen LogP contribution in [0.5, 0.6) is 0 Å². The summed E-state index contributed by atoms with van der Waals surface area (Å²) in [4.78, 5) is 21.5. The highest BCUT2D eigenvalue weighted by Crippen LogP contribution is 2.37. The molecule has 0 aliphatic carbocycles. The van der Waals surface area contributed by atoms with Crippen molar-refractivity contribution in [2.24, 2.45) is 0 Å². The monoisotopic (exact) mass is 410 g/mol. The lowest BCUT2D eigenvalue weighted by Gasteiger charge is -2.20. The van der Waals surface area contributed by atoms with Crippen molar-refractivity contribution in [1.82, 2.24) is 9.97 Å². The molecular formula is C22H22N2O4S. The van der Waals surface area contributed by atoms with Crippen LogP contribution in [0.1, 0.15) is 28.9 Å². The third kappa shape index (κ3) is 4.19. The van der Waals surface area contributed by atoms with E-state index in [4.69, 9.17) is 4.74 Å². The molecule has 0 aliphatic heterocycles. The molecule has 0 bridgehead atoms. The summed E-state index contributed by atoms with van der Waals surface area (Å²) in [5, 5.41) is -1.52. The molecule has 1 unspecified atom stereocenters. The maximum Gasteiger partial charge on any atom is 0.329 e. The first-order valence-corrected chi connectivity index (χ1v) is 10.7. The number of carbonyl (C=O) groups is 1. The first-order valence-electron chi connectivity index (χ1n) is 9.20. The number of nitrogens with zero attached hydrogens (tertiary/aromatic N) is 2. The molecule has 3 aromatic rings. The maximum atomic E-state index is 13.5. The summed E-state index contributed by atoms with van der Waals surface area (Å²) in [5.74, 6) is -0.468. The largest absolute Gasteiger partial charge is 0.465 e. The fourth-order valence-electron chi connectivity index (χ4n) is 3.15. The van der Waals surface area contributed by atoms with E-state index in [-0.39, 0.29) is 11.5 Å². The molecule has 150 valence electrons. The first kappa shape index (κ1) is 20.7. The van der Waals surface area contributed by atoms with Gasteiger partial charge in [-0.05, 0) is 50.1 Å². The van der Waals surface area contributed by atoms with Crippen LogP contribution in [-0.2, 0) is 19.4 Å². The van der Waals surface area contributed by atoms with Gasteiger partial charge in [0.25, 0.3) is 0 Å². The molecule has 0 N–H and O–H groups in total. The molecule has 1 aromatic heterocycles. The number of sulfone groups is 1. The van der Waals surface area contributed by atoms with E-state index < -0.39 is 21.1 Å². The van der Waals surface area contributed by atoms with E-state index in [1.165, 1.54) is 12.1 Å². The van der Waals surface area contributed by atoms with Gasteiger partial charge in [-0.1, -0.05) is 35.9 Å². The Morgan fingerprint density at radius 1 is 1.00 bits per heavy atom. The zero-order valence-electron chi connectivity index (χ0n) is 16.5. The molecule has 0 aliphatic rings. The number of aromatic nitrogens is 2. The zero-order valence-corrected chi connectivity index (χ0v) is 17.3. The molecule has 0 saturated carbocycles. The van der Waals surface area contributed by atoms with E-state index in [1.54, 1.807) is 49.6 Å². The quantitative estimate of drug-likeness (QED) is 0.574. The summed E-state index contributed by atoms with van der Waals surface area (Å²) >= 11 is 0. The zero-order chi connectivity index (χ0) is 21.0. The Bertz CT molecular complexity index is 1110. The fourth-order valence-corrected chi connectivity index (χ4v) is 4.79. The summed E-state index contributed by atoms with van der Waals surface area (Å²) < 4.78 is 32.2. The average Bonchev–Trinajstić information content (AvgIpc) is 2.69. The van der Waals surface area contributed by atoms with Gasteiger partial charge in [0.15, 0.2) is 20.9 Å². The minimum atomic E-state index is -4.07. The predicted molar refractivity (Wildman–Crippen MR) is 110 cm³/mol. The normalized spacial score (nSPS) is 12.4. The van der Waals surface area contributed by atoms with Crippen LogP contribution in [0.15, 0.2) is 65.8 Å². The van der Waals surface area contributed by atoms with Crippen LogP contribution in [0.3, 0.4) is 0 Å². The van der Waals surface area contributed by atoms with Gasteiger partial charge >= 0.3 is 5.97 Å². The molecular weight excluding hydrogens is 388 g/mol. The third-order valence-corrected chi connectivity index (χ3v) is 6.53. The number of carbonyl (C=O) groups excluding carboxylic acids is 1. The lowest BCUT2D eigenvalue weighted by atomic mass is 9.98. The number of hydrogen-bond acceptors (Lipinski definition) is 6. The maximum absolute atomic E-state index is 13.5. The molecule has 1 heterocycles. The van der Waals surface area contributed by atoms with E-state index in [2.05, 4.69) is 9.97 Å². The number of rotatable bonds is 6. The van der Waals surface area contributed by atoms with E-state index in [9.17, 15) is 13.2 Å². The van der Waals surface area contributed by atoms with Gasteiger partial charge in [-0.2, -0.15) is 0 Å². The Morgan fingerprint density at radius 2 is 1.66 bits per heavy atom. The van der Waals surface area contributed by atoms with Gasteiger partial charge in [-0.15, -0.1) is 0 Å². The minimum Gasteiger partial charge on any atom is -0.465 e. The van der Waals surface area contributed by atoms with Gasteiger partial charge in [-0.3, -0.25) is 4.79 Å². The second-order valence-electron chi connectivity index (χ2n) is 6.60. The second-order valence-corrected chi connectivity index (χ2v) is 8.63. The highest BCUT2D eigenvalue weighted by atomic mass is 32.2. The van der Waals surface area contributed by atoms with Crippen molar-refractivity contribution >= 4 is 15.8 Å². The van der Waals surface area contributed by atoms with Crippen LogP contribution in [0.25, 0.3) is 11.4 Å². The van der Waals surface area contributed by atoms with Gasteiger partial charge < -0.3 is 4.74 Å². The summed E-state index contributed by atoms with van der Waals surface area (Å²) in [6.45, 7) is 5.41. The van der Waals surface area contributed by atoms with E-state index in [0.717, 1.165) is 11.1 Å². The molecule has 7 heteroatoms. The van der Waals surface area contributed by atoms with Crippen molar-refractivity contribution in [2.45, 2.75) is 30.9 Å². The molecule has 1 atom stereocenters. The molecule has 6 nitrogen and oxygen atoms in total. The topological polar surface area (TPSA) is 86.2 Å². The van der Waals surface area contributed by atoms with Crippen molar-refractivity contribution in [1.29, 1.82) is 0 Å². The van der Waals surface area contributed by atoms with E-state index in [1.807, 2.05) is 19.9 Å². The van der Waals surface area contributed by atoms with Gasteiger partial charge in [0.2, 0.25) is 0 Å². The minimum absolute atomic E-state index is 0.0580. The Morgan fingerprint density at radius 3 is 2.28 bits per heavy atom. The molecule has 29 heavy (non-hydrogen) atoms. The van der Waals surface area contributed by atoms with E-state index in [0.29, 0.717) is 17.0 Å². The molecule has 0 amide bonds. The summed E-state index contributed by atoms with van der Waals surface area (Å²) in [6, 6.07) is 13.2. The summed E-state index contributed by atoms with van der Waals surface area (Å²) in [7, 11) is -4.07. The SMILES string of the molecule is CCOC(=O)C(c1cccc(C)c1-c1ncccn1)S(=O)(=O)c1ccc(C)cc1. The predicted octanol–water partition coefficient (Wildman–Crippen LogP) is 3.84. The molecule has 2 aromatic carbocycles. The van der Waals surface area contributed by atoms with Gasteiger partial charge in [-0.25, -0.2) is 18.4 Å². The van der Waals surface area contributed by atoms with Crippen LogP contribution in [0, 0.1) is 13.8 Å². The van der Waals surface area contributed by atoms with Crippen LogP contribution in [0.4, 0.5) is 0 Å². The van der Waals surface area contributed by atoms with Crippen molar-refractivity contribution in [3.05, 3.63) is 77.6 Å². The molecule has 0 fully saturated rings. The summed E-state index contributed by atoms with van der Waals surface area (Å²) in [5.41, 5.74) is 2.50. The van der Waals surface area contributed by atoms with Gasteiger partial charge in [0, 0.05) is 18.0 Å². The molecule has 0 radical (unpaired) electrons. The average molecular weight is 410 g/mol. The van der Waals surface area contributed by atoms with Crippen LogP contribution in [0.2, 0.25) is 0 Å². The Kier molecular flexibility index (Phi) is 6.08. The number of ether oxygens (including phenoxy) is 1. The van der Waals surface area contributed by atoms with E-state index >= 15 is 0 Å². The standard InChI is InChI=1S/C22H22N2O4S/c1-4-28-22(25)20(29(26,27)17-11-9-15(2)10-12-17)18-8-5-7-16(3)19(18)21-23-13-6-14-24-21/h5-14,20H,4H2,1-3H3. The van der Waals surface area contributed by atoms with Gasteiger partial charge in [0.05, 0.1) is 11.5 Å². The number of hydrogen-bond donors (Lipinski definition) is 0. The van der Waals surface area contributed by atoms with Gasteiger partial charge in [0.1, 0.15) is 0 Å². The van der Waals surface area contributed by atoms with Crippen molar-refractivity contribution in [3.63, 3.8) is 0 Å². The number of aryl methyl sites for hydroxylation is 2. The van der Waals surface area contributed by atoms with Crippen molar-refractivity contribution in [2.75, 3.05) is 6.61 Å².